The number of nitrogen functional groups attached to an aromatic ring is 1. The van der Waals surface area contributed by atoms with Gasteiger partial charge in [-0.25, -0.2) is 4.39 Å². The summed E-state index contributed by atoms with van der Waals surface area (Å²) in [5, 5.41) is 0. The van der Waals surface area contributed by atoms with E-state index in [0.29, 0.717) is 0 Å². The Bertz CT molecular complexity index is 429. The number of halogens is 1. The minimum Gasteiger partial charge on any atom is -0.396 e. The van der Waals surface area contributed by atoms with Gasteiger partial charge in [0.15, 0.2) is 0 Å². The molecule has 1 aromatic carbocycles. The molecule has 94 valence electrons. The molecular formula is C13H19FN2O. The van der Waals surface area contributed by atoms with Gasteiger partial charge in [-0.15, -0.1) is 0 Å². The number of hydrogen-bond acceptors (Lipinski definition) is 2. The van der Waals surface area contributed by atoms with E-state index in [-0.39, 0.29) is 22.7 Å². The third kappa shape index (κ3) is 2.57. The van der Waals surface area contributed by atoms with Crippen molar-refractivity contribution in [1.82, 2.24) is 4.90 Å². The van der Waals surface area contributed by atoms with Crippen molar-refractivity contribution in [2.45, 2.75) is 32.7 Å². The molecule has 17 heavy (non-hydrogen) atoms. The molecule has 0 saturated heterocycles. The highest BCUT2D eigenvalue weighted by molar-refractivity contribution is 5.99. The van der Waals surface area contributed by atoms with Crippen LogP contribution in [0.4, 0.5) is 10.1 Å². The van der Waals surface area contributed by atoms with E-state index in [1.54, 1.807) is 18.0 Å². The van der Waals surface area contributed by atoms with Crippen LogP contribution in [0.2, 0.25) is 0 Å². The van der Waals surface area contributed by atoms with Crippen molar-refractivity contribution >= 4 is 11.6 Å². The van der Waals surface area contributed by atoms with Gasteiger partial charge in [0, 0.05) is 12.6 Å². The van der Waals surface area contributed by atoms with E-state index in [1.165, 1.54) is 12.1 Å². The first kappa shape index (κ1) is 13.5. The molecule has 0 fully saturated rings. The first-order chi connectivity index (χ1) is 7.81. The maximum atomic E-state index is 13.3. The van der Waals surface area contributed by atoms with Crippen molar-refractivity contribution in [3.8, 4) is 0 Å². The molecule has 0 radical (unpaired) electrons. The van der Waals surface area contributed by atoms with Crippen molar-refractivity contribution in [2.24, 2.45) is 0 Å². The maximum Gasteiger partial charge on any atom is 0.256 e. The summed E-state index contributed by atoms with van der Waals surface area (Å²) in [6.07, 6.45) is 0.810. The number of benzene rings is 1. The lowest BCUT2D eigenvalue weighted by molar-refractivity contribution is 0.0621. The molecule has 0 heterocycles. The molecule has 1 rings (SSSR count). The Morgan fingerprint density at radius 3 is 2.59 bits per heavy atom. The summed E-state index contributed by atoms with van der Waals surface area (Å²) < 4.78 is 13.3. The molecular weight excluding hydrogens is 219 g/mol. The molecule has 2 N–H and O–H groups in total. The highest BCUT2D eigenvalue weighted by Gasteiger charge is 2.27. The second-order valence-corrected chi connectivity index (χ2v) is 4.73. The second kappa shape index (κ2) is 4.73. The lowest BCUT2D eigenvalue weighted by atomic mass is 9.98. The number of amides is 1. The number of anilines is 1. The highest BCUT2D eigenvalue weighted by Crippen LogP contribution is 2.23. The summed E-state index contributed by atoms with van der Waals surface area (Å²) in [5.41, 5.74) is 5.43. The van der Waals surface area contributed by atoms with E-state index in [4.69, 9.17) is 5.73 Å². The zero-order valence-electron chi connectivity index (χ0n) is 10.7. The fraction of sp³-hybridized carbons (Fsp3) is 0.462. The summed E-state index contributed by atoms with van der Waals surface area (Å²) in [6, 6.07) is 4.28. The van der Waals surface area contributed by atoms with Crippen molar-refractivity contribution in [1.29, 1.82) is 0 Å². The number of carbonyl (C=O) groups excluding carboxylic acids is 1. The van der Waals surface area contributed by atoms with Crippen molar-refractivity contribution in [2.75, 3.05) is 12.8 Å². The predicted molar refractivity (Wildman–Crippen MR) is 67.3 cm³/mol. The van der Waals surface area contributed by atoms with Gasteiger partial charge in [0.2, 0.25) is 0 Å². The highest BCUT2D eigenvalue weighted by atomic mass is 19.1. The minimum absolute atomic E-state index is 0.0868. The van der Waals surface area contributed by atoms with E-state index < -0.39 is 5.82 Å². The smallest absolute Gasteiger partial charge is 0.256 e. The van der Waals surface area contributed by atoms with Gasteiger partial charge in [0.25, 0.3) is 5.91 Å². The summed E-state index contributed by atoms with van der Waals surface area (Å²) in [5.74, 6) is -0.813. The van der Waals surface area contributed by atoms with Crippen molar-refractivity contribution < 1.29 is 9.18 Å². The summed E-state index contributed by atoms with van der Waals surface area (Å²) >= 11 is 0. The quantitative estimate of drug-likeness (QED) is 0.823. The van der Waals surface area contributed by atoms with Crippen LogP contribution in [-0.4, -0.2) is 23.4 Å². The Morgan fingerprint density at radius 1 is 1.47 bits per heavy atom. The molecule has 4 heteroatoms. The van der Waals surface area contributed by atoms with Crippen LogP contribution in [0.1, 0.15) is 37.6 Å². The summed E-state index contributed by atoms with van der Waals surface area (Å²) in [6.45, 7) is 5.92. The van der Waals surface area contributed by atoms with Gasteiger partial charge in [-0.2, -0.15) is 0 Å². The average Bonchev–Trinajstić information content (AvgIpc) is 2.30. The van der Waals surface area contributed by atoms with E-state index in [2.05, 4.69) is 0 Å². The van der Waals surface area contributed by atoms with E-state index in [9.17, 15) is 9.18 Å². The molecule has 1 amide bonds. The average molecular weight is 238 g/mol. The first-order valence-electron chi connectivity index (χ1n) is 5.63. The van der Waals surface area contributed by atoms with Crippen LogP contribution >= 0.6 is 0 Å². The Hall–Kier alpha value is -1.58. The van der Waals surface area contributed by atoms with Gasteiger partial charge in [0.05, 0.1) is 11.3 Å². The molecule has 0 aromatic heterocycles. The van der Waals surface area contributed by atoms with Gasteiger partial charge in [-0.1, -0.05) is 13.0 Å². The lowest BCUT2D eigenvalue weighted by Gasteiger charge is -2.35. The number of hydrogen-bond donors (Lipinski definition) is 1. The van der Waals surface area contributed by atoms with E-state index >= 15 is 0 Å². The number of rotatable bonds is 3. The SMILES string of the molecule is CCC(C)(C)N(C)C(=O)c1cccc(F)c1N. The molecule has 1 aromatic rings. The topological polar surface area (TPSA) is 46.3 Å². The minimum atomic E-state index is -0.557. The third-order valence-corrected chi connectivity index (χ3v) is 3.36. The Kier molecular flexibility index (Phi) is 3.76. The summed E-state index contributed by atoms with van der Waals surface area (Å²) in [7, 11) is 1.70. The third-order valence-electron chi connectivity index (χ3n) is 3.36. The zero-order valence-corrected chi connectivity index (χ0v) is 10.7. The molecule has 0 saturated carbocycles. The van der Waals surface area contributed by atoms with Crippen molar-refractivity contribution in [3.05, 3.63) is 29.6 Å². The van der Waals surface area contributed by atoms with Crippen LogP contribution in [0.15, 0.2) is 18.2 Å². The van der Waals surface area contributed by atoms with Crippen LogP contribution in [0.5, 0.6) is 0 Å². The summed E-state index contributed by atoms with van der Waals surface area (Å²) in [4.78, 5) is 13.8. The molecule has 0 unspecified atom stereocenters. The number of nitrogens with zero attached hydrogens (tertiary/aromatic N) is 1. The standard InChI is InChI=1S/C13H19FN2O/c1-5-13(2,3)16(4)12(17)9-7-6-8-10(14)11(9)15/h6-8H,5,15H2,1-4H3. The van der Waals surface area contributed by atoms with Crippen LogP contribution < -0.4 is 5.73 Å². The van der Waals surface area contributed by atoms with E-state index in [1.807, 2.05) is 20.8 Å². The molecule has 0 bridgehead atoms. The zero-order chi connectivity index (χ0) is 13.2. The van der Waals surface area contributed by atoms with Gasteiger partial charge >= 0.3 is 0 Å². The Morgan fingerprint density at radius 2 is 2.06 bits per heavy atom. The number of para-hydroxylation sites is 1. The Labute approximate surface area is 101 Å². The van der Waals surface area contributed by atoms with Gasteiger partial charge in [0.1, 0.15) is 5.82 Å². The van der Waals surface area contributed by atoms with E-state index in [0.717, 1.165) is 6.42 Å². The van der Waals surface area contributed by atoms with Gasteiger partial charge < -0.3 is 10.6 Å². The molecule has 3 nitrogen and oxygen atoms in total. The second-order valence-electron chi connectivity index (χ2n) is 4.73. The predicted octanol–water partition coefficient (Wildman–Crippen LogP) is 2.67. The van der Waals surface area contributed by atoms with Crippen LogP contribution in [0.25, 0.3) is 0 Å². The Balaban J connectivity index is 3.09. The fourth-order valence-corrected chi connectivity index (χ4v) is 1.42. The lowest BCUT2D eigenvalue weighted by Crippen LogP contribution is -2.44. The number of carbonyl (C=O) groups is 1. The first-order valence-corrected chi connectivity index (χ1v) is 5.63. The maximum absolute atomic E-state index is 13.3. The number of nitrogens with two attached hydrogens (primary N) is 1. The molecule has 0 aliphatic heterocycles. The molecule has 0 aliphatic rings. The fourth-order valence-electron chi connectivity index (χ4n) is 1.42. The van der Waals surface area contributed by atoms with Crippen molar-refractivity contribution in [3.63, 3.8) is 0 Å². The van der Waals surface area contributed by atoms with Gasteiger partial charge in [-0.3, -0.25) is 4.79 Å². The normalized spacial score (nSPS) is 11.4. The van der Waals surface area contributed by atoms with Crippen LogP contribution in [0.3, 0.4) is 0 Å². The molecule has 0 atom stereocenters. The monoisotopic (exact) mass is 238 g/mol. The largest absolute Gasteiger partial charge is 0.396 e. The van der Waals surface area contributed by atoms with Gasteiger partial charge in [-0.05, 0) is 32.4 Å². The van der Waals surface area contributed by atoms with Crippen LogP contribution in [-0.2, 0) is 0 Å². The molecule has 0 spiro atoms. The molecule has 0 aliphatic carbocycles. The van der Waals surface area contributed by atoms with Crippen LogP contribution in [0, 0.1) is 5.82 Å².